The van der Waals surface area contributed by atoms with E-state index in [1.54, 1.807) is 12.1 Å². The van der Waals surface area contributed by atoms with Gasteiger partial charge < -0.3 is 14.0 Å². The monoisotopic (exact) mass is 407 g/mol. The van der Waals surface area contributed by atoms with E-state index in [0.29, 0.717) is 29.2 Å². The Morgan fingerprint density at radius 1 is 1.11 bits per heavy atom. The second kappa shape index (κ2) is 9.11. The number of unbranched alkanes of at least 4 members (excludes halogenated alkanes) is 2. The number of carbonyl (C=O) groups excluding carboxylic acids is 1. The van der Waals surface area contributed by atoms with Crippen LogP contribution in [0.25, 0.3) is 22.2 Å². The maximum Gasteiger partial charge on any atom is 0.344 e. The highest BCUT2D eigenvalue weighted by Crippen LogP contribution is 2.41. The van der Waals surface area contributed by atoms with Crippen LogP contribution < -0.4 is 4.74 Å². The molecule has 0 saturated carbocycles. The second-order valence-corrected chi connectivity index (χ2v) is 6.74. The molecule has 5 nitrogen and oxygen atoms in total. The summed E-state index contributed by atoms with van der Waals surface area (Å²) in [4.78, 5) is 11.7. The molecule has 0 unspecified atom stereocenters. The summed E-state index contributed by atoms with van der Waals surface area (Å²) >= 11 is 12.7. The van der Waals surface area contributed by atoms with Crippen molar-refractivity contribution in [1.29, 1.82) is 0 Å². The fraction of sp³-hybridized carbons (Fsp3) is 0.300. The van der Waals surface area contributed by atoms with Gasteiger partial charge >= 0.3 is 5.97 Å². The molecule has 1 aromatic heterocycles. The van der Waals surface area contributed by atoms with E-state index in [1.807, 2.05) is 24.3 Å². The van der Waals surface area contributed by atoms with E-state index >= 15 is 0 Å². The average molecular weight is 408 g/mol. The van der Waals surface area contributed by atoms with Crippen LogP contribution in [0.1, 0.15) is 26.2 Å². The lowest BCUT2D eigenvalue weighted by molar-refractivity contribution is -0.146. The first kappa shape index (κ1) is 19.5. The van der Waals surface area contributed by atoms with E-state index < -0.39 is 5.97 Å². The van der Waals surface area contributed by atoms with Gasteiger partial charge in [-0.2, -0.15) is 0 Å². The highest BCUT2D eigenvalue weighted by Gasteiger charge is 2.18. The van der Waals surface area contributed by atoms with Crippen molar-refractivity contribution < 1.29 is 18.8 Å². The van der Waals surface area contributed by atoms with Crippen molar-refractivity contribution >= 4 is 40.1 Å². The van der Waals surface area contributed by atoms with Gasteiger partial charge in [0.15, 0.2) is 12.2 Å². The predicted octanol–water partition coefficient (Wildman–Crippen LogP) is 5.91. The summed E-state index contributed by atoms with van der Waals surface area (Å²) in [6.07, 6.45) is 2.93. The Morgan fingerprint density at radius 2 is 1.93 bits per heavy atom. The summed E-state index contributed by atoms with van der Waals surface area (Å²) in [6.45, 7) is 2.25. The number of aromatic nitrogens is 1. The highest BCUT2D eigenvalue weighted by molar-refractivity contribution is 6.44. The van der Waals surface area contributed by atoms with Gasteiger partial charge in [-0.3, -0.25) is 0 Å². The van der Waals surface area contributed by atoms with Crippen LogP contribution in [0.2, 0.25) is 10.0 Å². The summed E-state index contributed by atoms with van der Waals surface area (Å²) in [7, 11) is 0. The summed E-state index contributed by atoms with van der Waals surface area (Å²) in [5.41, 5.74) is 1.88. The zero-order valence-electron chi connectivity index (χ0n) is 14.8. The Kier molecular flexibility index (Phi) is 6.58. The van der Waals surface area contributed by atoms with Crippen LogP contribution in [-0.2, 0) is 9.53 Å². The molecule has 27 heavy (non-hydrogen) atoms. The number of halogens is 2. The van der Waals surface area contributed by atoms with Gasteiger partial charge in [-0.15, -0.1) is 0 Å². The molecule has 0 aliphatic heterocycles. The molecule has 0 N–H and O–H groups in total. The van der Waals surface area contributed by atoms with Crippen LogP contribution >= 0.6 is 23.2 Å². The first-order chi connectivity index (χ1) is 13.1. The van der Waals surface area contributed by atoms with Crippen molar-refractivity contribution in [2.24, 2.45) is 0 Å². The van der Waals surface area contributed by atoms with Crippen molar-refractivity contribution in [3.63, 3.8) is 0 Å². The van der Waals surface area contributed by atoms with E-state index in [0.717, 1.165) is 24.6 Å². The largest absolute Gasteiger partial charge is 0.480 e. The van der Waals surface area contributed by atoms with Gasteiger partial charge in [-0.05, 0) is 30.7 Å². The fourth-order valence-corrected chi connectivity index (χ4v) is 3.09. The van der Waals surface area contributed by atoms with Gasteiger partial charge in [0.05, 0.1) is 11.6 Å². The molecule has 0 saturated heterocycles. The van der Waals surface area contributed by atoms with E-state index in [-0.39, 0.29) is 16.7 Å². The number of esters is 1. The van der Waals surface area contributed by atoms with E-state index in [2.05, 4.69) is 12.1 Å². The molecule has 0 amide bonds. The van der Waals surface area contributed by atoms with Crippen LogP contribution in [0.3, 0.4) is 0 Å². The quantitative estimate of drug-likeness (QED) is 0.342. The third-order valence-electron chi connectivity index (χ3n) is 4.04. The van der Waals surface area contributed by atoms with Gasteiger partial charge in [0.1, 0.15) is 16.5 Å². The first-order valence-corrected chi connectivity index (χ1v) is 9.48. The van der Waals surface area contributed by atoms with Crippen molar-refractivity contribution in [2.45, 2.75) is 26.2 Å². The fourth-order valence-electron chi connectivity index (χ4n) is 2.62. The Labute approximate surface area is 167 Å². The lowest BCUT2D eigenvalue weighted by Crippen LogP contribution is -2.15. The molecular weight excluding hydrogens is 389 g/mol. The minimum absolute atomic E-state index is 0.208. The van der Waals surface area contributed by atoms with Gasteiger partial charge in [0.25, 0.3) is 0 Å². The second-order valence-electron chi connectivity index (χ2n) is 5.98. The third-order valence-corrected chi connectivity index (χ3v) is 4.90. The lowest BCUT2D eigenvalue weighted by atomic mass is 10.1. The zero-order valence-corrected chi connectivity index (χ0v) is 16.3. The summed E-state index contributed by atoms with van der Waals surface area (Å²) in [6, 6.07) is 10.9. The number of rotatable bonds is 8. The van der Waals surface area contributed by atoms with E-state index in [9.17, 15) is 4.79 Å². The Morgan fingerprint density at radius 3 is 2.74 bits per heavy atom. The molecule has 0 bridgehead atoms. The number of benzene rings is 2. The molecule has 142 valence electrons. The molecule has 0 spiro atoms. The minimum Gasteiger partial charge on any atom is -0.480 e. The number of fused-ring (bicyclic) bond motifs is 1. The molecule has 2 aromatic carbocycles. The normalized spacial score (nSPS) is 10.9. The van der Waals surface area contributed by atoms with Gasteiger partial charge in [0.2, 0.25) is 0 Å². The van der Waals surface area contributed by atoms with Crippen molar-refractivity contribution in [2.75, 3.05) is 13.2 Å². The first-order valence-electron chi connectivity index (χ1n) is 8.73. The molecule has 0 radical (unpaired) electrons. The summed E-state index contributed by atoms with van der Waals surface area (Å²) < 4.78 is 15.9. The van der Waals surface area contributed by atoms with Crippen molar-refractivity contribution in [3.8, 4) is 17.0 Å². The van der Waals surface area contributed by atoms with Crippen molar-refractivity contribution in [1.82, 2.24) is 5.16 Å². The number of hydrogen-bond acceptors (Lipinski definition) is 5. The summed E-state index contributed by atoms with van der Waals surface area (Å²) in [5.74, 6) is -0.131. The topological polar surface area (TPSA) is 61.6 Å². The average Bonchev–Trinajstić information content (AvgIpc) is 3.10. The van der Waals surface area contributed by atoms with Gasteiger partial charge in [-0.1, -0.05) is 60.3 Å². The molecule has 1 heterocycles. The maximum atomic E-state index is 11.7. The van der Waals surface area contributed by atoms with Crippen LogP contribution in [0, 0.1) is 0 Å². The lowest BCUT2D eigenvalue weighted by Gasteiger charge is -2.11. The zero-order chi connectivity index (χ0) is 19.2. The number of carbonyl (C=O) groups is 1. The third kappa shape index (κ3) is 4.54. The van der Waals surface area contributed by atoms with Crippen LogP contribution in [0.15, 0.2) is 40.9 Å². The van der Waals surface area contributed by atoms with E-state index in [4.69, 9.17) is 37.2 Å². The molecule has 0 aliphatic carbocycles. The van der Waals surface area contributed by atoms with Crippen LogP contribution in [0.5, 0.6) is 5.75 Å². The number of hydrogen-bond donors (Lipinski definition) is 0. The molecule has 0 fully saturated rings. The molecule has 7 heteroatoms. The molecule has 3 rings (SSSR count). The van der Waals surface area contributed by atoms with E-state index in [1.165, 1.54) is 0 Å². The summed E-state index contributed by atoms with van der Waals surface area (Å²) in [5, 5.41) is 5.41. The van der Waals surface area contributed by atoms with Crippen molar-refractivity contribution in [3.05, 3.63) is 46.4 Å². The SMILES string of the molecule is CCCCCOC(=O)COc1ccc(-c2noc3ccccc23)c(Cl)c1Cl. The molecule has 0 aliphatic rings. The van der Waals surface area contributed by atoms with Crippen LogP contribution in [0.4, 0.5) is 0 Å². The number of nitrogens with zero attached hydrogens (tertiary/aromatic N) is 1. The predicted molar refractivity (Wildman–Crippen MR) is 105 cm³/mol. The standard InChI is InChI=1S/C20H19Cl2NO4/c1-2-3-6-11-25-17(24)12-26-16-10-9-14(18(21)19(16)22)20-13-7-4-5-8-15(13)27-23-20/h4-5,7-10H,2-3,6,11-12H2,1H3. The minimum atomic E-state index is -0.440. The maximum absolute atomic E-state index is 11.7. The Hall–Kier alpha value is -2.24. The highest BCUT2D eigenvalue weighted by atomic mass is 35.5. The smallest absolute Gasteiger partial charge is 0.344 e. The Bertz CT molecular complexity index is 939. The number of para-hydroxylation sites is 1. The molecular formula is C20H19Cl2NO4. The Balaban J connectivity index is 1.71. The van der Waals surface area contributed by atoms with Gasteiger partial charge in [0, 0.05) is 10.9 Å². The van der Waals surface area contributed by atoms with Crippen LogP contribution in [-0.4, -0.2) is 24.3 Å². The molecule has 3 aromatic rings. The molecule has 0 atom stereocenters. The van der Waals surface area contributed by atoms with Gasteiger partial charge in [-0.25, -0.2) is 4.79 Å². The number of ether oxygens (including phenoxy) is 2.